The van der Waals surface area contributed by atoms with E-state index in [1.54, 1.807) is 12.1 Å². The van der Waals surface area contributed by atoms with Crippen LogP contribution in [0.15, 0.2) is 42.5 Å². The third-order valence-electron chi connectivity index (χ3n) is 3.71. The van der Waals surface area contributed by atoms with E-state index in [0.29, 0.717) is 5.75 Å². The number of alkyl halides is 3. The average molecular weight is 395 g/mol. The van der Waals surface area contributed by atoms with Crippen molar-refractivity contribution in [2.75, 3.05) is 11.9 Å². The van der Waals surface area contributed by atoms with Gasteiger partial charge >= 0.3 is 12.1 Å². The molecule has 0 saturated carbocycles. The first-order valence-corrected chi connectivity index (χ1v) is 8.43. The molecule has 1 amide bonds. The molecule has 8 heteroatoms. The Balaban J connectivity index is 1.85. The van der Waals surface area contributed by atoms with Crippen LogP contribution in [0, 0.1) is 13.8 Å². The summed E-state index contributed by atoms with van der Waals surface area (Å²) in [5.41, 5.74) is 1.29. The van der Waals surface area contributed by atoms with E-state index in [1.807, 2.05) is 19.9 Å². The molecule has 0 bridgehead atoms. The highest BCUT2D eigenvalue weighted by molar-refractivity contribution is 5.95. The van der Waals surface area contributed by atoms with Crippen molar-refractivity contribution < 1.29 is 32.2 Å². The average Bonchev–Trinajstić information content (AvgIpc) is 2.58. The molecule has 0 fully saturated rings. The summed E-state index contributed by atoms with van der Waals surface area (Å²) < 4.78 is 48.0. The second-order valence-electron chi connectivity index (χ2n) is 6.31. The number of hydrogen-bond donors (Lipinski definition) is 1. The van der Waals surface area contributed by atoms with E-state index in [4.69, 9.17) is 9.47 Å². The van der Waals surface area contributed by atoms with Gasteiger partial charge in [0.1, 0.15) is 5.75 Å². The molecule has 5 nitrogen and oxygen atoms in total. The highest BCUT2D eigenvalue weighted by Crippen LogP contribution is 2.29. The summed E-state index contributed by atoms with van der Waals surface area (Å²) in [4.78, 5) is 23.9. The maximum absolute atomic E-state index is 12.5. The maximum Gasteiger partial charge on any atom is 0.416 e. The Morgan fingerprint density at radius 1 is 1.04 bits per heavy atom. The van der Waals surface area contributed by atoms with E-state index < -0.39 is 29.7 Å². The molecule has 0 heterocycles. The van der Waals surface area contributed by atoms with Crippen LogP contribution >= 0.6 is 0 Å². The number of nitrogens with one attached hydrogen (secondary N) is 1. The molecule has 0 aromatic heterocycles. The normalized spacial score (nSPS) is 12.2. The van der Waals surface area contributed by atoms with Crippen molar-refractivity contribution in [2.24, 2.45) is 0 Å². The van der Waals surface area contributed by atoms with Crippen LogP contribution in [0.4, 0.5) is 18.9 Å². The minimum Gasteiger partial charge on any atom is -0.482 e. The van der Waals surface area contributed by atoms with Gasteiger partial charge in [0, 0.05) is 5.69 Å². The van der Waals surface area contributed by atoms with Crippen LogP contribution < -0.4 is 10.1 Å². The summed E-state index contributed by atoms with van der Waals surface area (Å²) in [7, 11) is 0. The molecular weight excluding hydrogens is 375 g/mol. The van der Waals surface area contributed by atoms with Crippen molar-refractivity contribution in [3.63, 3.8) is 0 Å². The van der Waals surface area contributed by atoms with Gasteiger partial charge in [-0.05, 0) is 68.3 Å². The van der Waals surface area contributed by atoms with Gasteiger partial charge in [-0.25, -0.2) is 4.79 Å². The molecule has 1 N–H and O–H groups in total. The molecule has 0 aliphatic rings. The van der Waals surface area contributed by atoms with Crippen molar-refractivity contribution in [2.45, 2.75) is 33.1 Å². The number of esters is 1. The first kappa shape index (κ1) is 21.3. The fraction of sp³-hybridized carbons (Fsp3) is 0.300. The van der Waals surface area contributed by atoms with E-state index in [-0.39, 0.29) is 12.3 Å². The SMILES string of the molecule is Cc1cc(C)cc(OCC(=O)O[C@H](C)C(=O)Nc2ccc(C(F)(F)F)cc2)c1. The lowest BCUT2D eigenvalue weighted by Gasteiger charge is -2.14. The second-order valence-corrected chi connectivity index (χ2v) is 6.31. The summed E-state index contributed by atoms with van der Waals surface area (Å²) in [5.74, 6) is -0.898. The Kier molecular flexibility index (Phi) is 6.66. The van der Waals surface area contributed by atoms with Crippen LogP contribution in [0.25, 0.3) is 0 Å². The number of benzene rings is 2. The number of carbonyl (C=O) groups excluding carboxylic acids is 2. The molecule has 0 saturated heterocycles. The number of amides is 1. The van der Waals surface area contributed by atoms with Crippen molar-refractivity contribution >= 4 is 17.6 Å². The van der Waals surface area contributed by atoms with Crippen LogP contribution in [0.1, 0.15) is 23.6 Å². The van der Waals surface area contributed by atoms with Gasteiger partial charge < -0.3 is 14.8 Å². The summed E-state index contributed by atoms with van der Waals surface area (Å²) in [5, 5.41) is 2.39. The Bertz CT molecular complexity index is 827. The van der Waals surface area contributed by atoms with Gasteiger partial charge in [-0.3, -0.25) is 4.79 Å². The molecule has 2 aromatic carbocycles. The topological polar surface area (TPSA) is 64.6 Å². The predicted octanol–water partition coefficient (Wildman–Crippen LogP) is 4.27. The van der Waals surface area contributed by atoms with Crippen LogP contribution in [-0.2, 0) is 20.5 Å². The summed E-state index contributed by atoms with van der Waals surface area (Å²) in [6, 6.07) is 9.44. The number of ether oxygens (including phenoxy) is 2. The molecule has 28 heavy (non-hydrogen) atoms. The quantitative estimate of drug-likeness (QED) is 0.742. The van der Waals surface area contributed by atoms with Crippen molar-refractivity contribution in [3.05, 3.63) is 59.2 Å². The fourth-order valence-corrected chi connectivity index (χ4v) is 2.43. The van der Waals surface area contributed by atoms with Gasteiger partial charge in [-0.2, -0.15) is 13.2 Å². The van der Waals surface area contributed by atoms with Crippen molar-refractivity contribution in [1.29, 1.82) is 0 Å². The van der Waals surface area contributed by atoms with E-state index in [1.165, 1.54) is 6.92 Å². The molecular formula is C20H20F3NO4. The molecule has 0 unspecified atom stereocenters. The smallest absolute Gasteiger partial charge is 0.416 e. The van der Waals surface area contributed by atoms with Crippen LogP contribution in [-0.4, -0.2) is 24.6 Å². The lowest BCUT2D eigenvalue weighted by molar-refractivity contribution is -0.155. The molecule has 0 spiro atoms. The first-order chi connectivity index (χ1) is 13.0. The Morgan fingerprint density at radius 3 is 2.14 bits per heavy atom. The third-order valence-corrected chi connectivity index (χ3v) is 3.71. The summed E-state index contributed by atoms with van der Waals surface area (Å²) >= 11 is 0. The van der Waals surface area contributed by atoms with E-state index in [2.05, 4.69) is 5.32 Å². The zero-order valence-electron chi connectivity index (χ0n) is 15.6. The van der Waals surface area contributed by atoms with Gasteiger partial charge in [0.15, 0.2) is 12.7 Å². The number of aryl methyl sites for hydroxylation is 2. The Labute approximate surface area is 160 Å². The molecule has 150 valence electrons. The molecule has 2 rings (SSSR count). The number of hydrogen-bond acceptors (Lipinski definition) is 4. The zero-order chi connectivity index (χ0) is 20.9. The number of carbonyl (C=O) groups is 2. The minimum absolute atomic E-state index is 0.160. The molecule has 0 aliphatic heterocycles. The molecule has 0 aliphatic carbocycles. The van der Waals surface area contributed by atoms with Gasteiger partial charge in [0.2, 0.25) is 0 Å². The molecule has 2 aromatic rings. The predicted molar refractivity (Wildman–Crippen MR) is 97.0 cm³/mol. The van der Waals surface area contributed by atoms with Crippen LogP contribution in [0.3, 0.4) is 0 Å². The monoisotopic (exact) mass is 395 g/mol. The van der Waals surface area contributed by atoms with Gasteiger partial charge in [-0.1, -0.05) is 6.07 Å². The summed E-state index contributed by atoms with van der Waals surface area (Å²) in [6.45, 7) is 4.77. The molecule has 1 atom stereocenters. The Morgan fingerprint density at radius 2 is 1.61 bits per heavy atom. The minimum atomic E-state index is -4.46. The lowest BCUT2D eigenvalue weighted by Crippen LogP contribution is -2.31. The van der Waals surface area contributed by atoms with Crippen molar-refractivity contribution in [3.8, 4) is 5.75 Å². The van der Waals surface area contributed by atoms with Crippen LogP contribution in [0.5, 0.6) is 5.75 Å². The lowest BCUT2D eigenvalue weighted by atomic mass is 10.1. The summed E-state index contributed by atoms with van der Waals surface area (Å²) in [6.07, 6.45) is -5.60. The standard InChI is InChI=1S/C20H20F3NO4/c1-12-8-13(2)10-17(9-12)27-11-18(25)28-14(3)19(26)24-16-6-4-15(5-7-16)20(21,22)23/h4-10,14H,11H2,1-3H3,(H,24,26)/t14-/m1/s1. The number of halogens is 3. The highest BCUT2D eigenvalue weighted by atomic mass is 19.4. The Hall–Kier alpha value is -3.03. The van der Waals surface area contributed by atoms with E-state index in [0.717, 1.165) is 35.4 Å². The maximum atomic E-state index is 12.5. The fourth-order valence-electron chi connectivity index (χ4n) is 2.43. The number of anilines is 1. The van der Waals surface area contributed by atoms with Crippen LogP contribution in [0.2, 0.25) is 0 Å². The van der Waals surface area contributed by atoms with Gasteiger partial charge in [-0.15, -0.1) is 0 Å². The van der Waals surface area contributed by atoms with E-state index >= 15 is 0 Å². The zero-order valence-corrected chi connectivity index (χ0v) is 15.6. The van der Waals surface area contributed by atoms with Gasteiger partial charge in [0.05, 0.1) is 5.56 Å². The van der Waals surface area contributed by atoms with Crippen molar-refractivity contribution in [1.82, 2.24) is 0 Å². The third kappa shape index (κ3) is 6.29. The number of rotatable bonds is 6. The largest absolute Gasteiger partial charge is 0.482 e. The highest BCUT2D eigenvalue weighted by Gasteiger charge is 2.30. The van der Waals surface area contributed by atoms with E-state index in [9.17, 15) is 22.8 Å². The van der Waals surface area contributed by atoms with Gasteiger partial charge in [0.25, 0.3) is 5.91 Å². The molecule has 0 radical (unpaired) electrons. The second kappa shape index (κ2) is 8.77. The first-order valence-electron chi connectivity index (χ1n) is 8.43.